The normalized spacial score (nSPS) is 20.2. The van der Waals surface area contributed by atoms with Crippen molar-refractivity contribution in [3.8, 4) is 0 Å². The number of hydrogen-bond acceptors (Lipinski definition) is 6. The zero-order valence-corrected chi connectivity index (χ0v) is 14.8. The van der Waals surface area contributed by atoms with E-state index in [4.69, 9.17) is 11.6 Å². The maximum absolute atomic E-state index is 11.9. The molecule has 2 fully saturated rings. The Morgan fingerprint density at radius 2 is 2.16 bits per heavy atom. The first-order valence-corrected chi connectivity index (χ1v) is 8.97. The molecule has 0 spiro atoms. The van der Waals surface area contributed by atoms with Gasteiger partial charge in [0.1, 0.15) is 6.20 Å². The van der Waals surface area contributed by atoms with Crippen LogP contribution in [0.15, 0.2) is 6.20 Å². The molecule has 0 aromatic carbocycles. The topological polar surface area (TPSA) is 109 Å². The molecular weight excluding hydrogens is 348 g/mol. The van der Waals surface area contributed by atoms with E-state index in [9.17, 15) is 20.0 Å². The maximum Gasteiger partial charge on any atom is 0.329 e. The van der Waals surface area contributed by atoms with Gasteiger partial charge < -0.3 is 10.0 Å². The SMILES string of the molecule is CCC(N(c1nc(Cl)ncc1[N+](=O)[O-])C1CCCC1)C1(C(=O)O)CC1. The van der Waals surface area contributed by atoms with E-state index in [-0.39, 0.29) is 28.9 Å². The van der Waals surface area contributed by atoms with Crippen molar-refractivity contribution in [2.75, 3.05) is 4.90 Å². The summed E-state index contributed by atoms with van der Waals surface area (Å²) in [4.78, 5) is 32.6. The number of halogens is 1. The fraction of sp³-hybridized carbons (Fsp3) is 0.688. The van der Waals surface area contributed by atoms with Gasteiger partial charge in [0.2, 0.25) is 11.1 Å². The van der Waals surface area contributed by atoms with Crippen LogP contribution in [0.25, 0.3) is 0 Å². The van der Waals surface area contributed by atoms with E-state index in [1.54, 1.807) is 0 Å². The number of aromatic nitrogens is 2. The Bertz CT molecular complexity index is 689. The third-order valence-corrected chi connectivity index (χ3v) is 5.64. The van der Waals surface area contributed by atoms with Crippen LogP contribution in [-0.2, 0) is 4.79 Å². The highest BCUT2D eigenvalue weighted by Crippen LogP contribution is 2.54. The summed E-state index contributed by atoms with van der Waals surface area (Å²) in [6.45, 7) is 1.92. The van der Waals surface area contributed by atoms with Gasteiger partial charge in [-0.05, 0) is 43.7 Å². The average Bonchev–Trinajstić information content (AvgIpc) is 3.20. The van der Waals surface area contributed by atoms with Crippen LogP contribution in [0.5, 0.6) is 0 Å². The van der Waals surface area contributed by atoms with Crippen molar-refractivity contribution >= 4 is 29.1 Å². The number of rotatable bonds is 7. The van der Waals surface area contributed by atoms with Crippen LogP contribution >= 0.6 is 11.6 Å². The molecule has 9 heteroatoms. The Morgan fingerprint density at radius 1 is 1.52 bits per heavy atom. The molecule has 1 unspecified atom stereocenters. The van der Waals surface area contributed by atoms with Gasteiger partial charge in [-0.1, -0.05) is 19.8 Å². The lowest BCUT2D eigenvalue weighted by Crippen LogP contribution is -2.50. The minimum atomic E-state index is -0.858. The summed E-state index contributed by atoms with van der Waals surface area (Å²) < 4.78 is 0. The summed E-state index contributed by atoms with van der Waals surface area (Å²) >= 11 is 5.92. The molecule has 1 heterocycles. The predicted octanol–water partition coefficient (Wildman–Crippen LogP) is 3.43. The number of carbonyl (C=O) groups is 1. The fourth-order valence-electron chi connectivity index (χ4n) is 4.10. The number of nitro groups is 1. The summed E-state index contributed by atoms with van der Waals surface area (Å²) in [7, 11) is 0. The Labute approximate surface area is 150 Å². The second-order valence-electron chi connectivity index (χ2n) is 6.84. The largest absolute Gasteiger partial charge is 0.481 e. The fourth-order valence-corrected chi connectivity index (χ4v) is 4.23. The highest BCUT2D eigenvalue weighted by molar-refractivity contribution is 6.28. The molecule has 1 aromatic heterocycles. The summed E-state index contributed by atoms with van der Waals surface area (Å²) in [6.07, 6.45) is 6.61. The van der Waals surface area contributed by atoms with Crippen molar-refractivity contribution < 1.29 is 14.8 Å². The summed E-state index contributed by atoms with van der Waals surface area (Å²) in [6, 6.07) is -0.316. The lowest BCUT2D eigenvalue weighted by molar-refractivity contribution is -0.384. The smallest absolute Gasteiger partial charge is 0.329 e. The van der Waals surface area contributed by atoms with E-state index in [2.05, 4.69) is 9.97 Å². The van der Waals surface area contributed by atoms with E-state index < -0.39 is 16.3 Å². The number of anilines is 1. The standard InChI is InChI=1S/C16H21ClN4O4/c1-2-12(16(7-8-16)14(22)23)20(10-5-3-4-6-10)13-11(21(24)25)9-18-15(17)19-13/h9-10,12H,2-8H2,1H3,(H,22,23). The van der Waals surface area contributed by atoms with Crippen LogP contribution in [0.2, 0.25) is 5.28 Å². The molecule has 2 saturated carbocycles. The van der Waals surface area contributed by atoms with Gasteiger partial charge in [-0.2, -0.15) is 4.98 Å². The van der Waals surface area contributed by atoms with E-state index in [1.807, 2.05) is 11.8 Å². The molecular formula is C16H21ClN4O4. The monoisotopic (exact) mass is 368 g/mol. The molecule has 0 aliphatic heterocycles. The van der Waals surface area contributed by atoms with Crippen molar-refractivity contribution in [2.45, 2.75) is 64.0 Å². The van der Waals surface area contributed by atoms with Crippen molar-refractivity contribution in [3.63, 3.8) is 0 Å². The zero-order valence-electron chi connectivity index (χ0n) is 14.0. The second kappa shape index (κ2) is 6.74. The molecule has 0 bridgehead atoms. The number of carboxylic acid groups (broad SMARTS) is 1. The van der Waals surface area contributed by atoms with Gasteiger partial charge in [0.15, 0.2) is 0 Å². The molecule has 0 amide bonds. The number of carboxylic acids is 1. The highest BCUT2D eigenvalue weighted by atomic mass is 35.5. The third-order valence-electron chi connectivity index (χ3n) is 5.45. The van der Waals surface area contributed by atoms with Crippen LogP contribution in [0.3, 0.4) is 0 Å². The average molecular weight is 369 g/mol. The minimum absolute atomic E-state index is 0.0337. The Balaban J connectivity index is 2.11. The van der Waals surface area contributed by atoms with Gasteiger partial charge >= 0.3 is 11.7 Å². The van der Waals surface area contributed by atoms with Crippen LogP contribution in [-0.4, -0.2) is 38.1 Å². The van der Waals surface area contributed by atoms with Gasteiger partial charge in [0, 0.05) is 12.1 Å². The van der Waals surface area contributed by atoms with E-state index in [0.717, 1.165) is 31.9 Å². The quantitative estimate of drug-likeness (QED) is 0.446. The molecule has 136 valence electrons. The van der Waals surface area contributed by atoms with Gasteiger partial charge in [-0.15, -0.1) is 0 Å². The molecule has 1 atom stereocenters. The van der Waals surface area contributed by atoms with Crippen LogP contribution < -0.4 is 4.90 Å². The molecule has 3 rings (SSSR count). The van der Waals surface area contributed by atoms with E-state index in [0.29, 0.717) is 19.3 Å². The Hall–Kier alpha value is -1.96. The maximum atomic E-state index is 11.9. The second-order valence-corrected chi connectivity index (χ2v) is 7.17. The minimum Gasteiger partial charge on any atom is -0.481 e. The van der Waals surface area contributed by atoms with Gasteiger partial charge in [0.25, 0.3) is 0 Å². The highest BCUT2D eigenvalue weighted by Gasteiger charge is 2.59. The first-order chi connectivity index (χ1) is 11.9. The van der Waals surface area contributed by atoms with E-state index in [1.165, 1.54) is 0 Å². The van der Waals surface area contributed by atoms with Crippen molar-refractivity contribution in [2.24, 2.45) is 5.41 Å². The van der Waals surface area contributed by atoms with Crippen LogP contribution in [0.1, 0.15) is 51.9 Å². The summed E-state index contributed by atoms with van der Waals surface area (Å²) in [5, 5.41) is 21.2. The number of hydrogen-bond donors (Lipinski definition) is 1. The zero-order chi connectivity index (χ0) is 18.2. The molecule has 2 aliphatic rings. The molecule has 1 aromatic rings. The van der Waals surface area contributed by atoms with Gasteiger partial charge in [0.05, 0.1) is 10.3 Å². The van der Waals surface area contributed by atoms with Crippen molar-refractivity contribution in [3.05, 3.63) is 21.6 Å². The Kier molecular flexibility index (Phi) is 4.81. The third kappa shape index (κ3) is 3.15. The molecule has 25 heavy (non-hydrogen) atoms. The molecule has 0 radical (unpaired) electrons. The molecule has 0 saturated heterocycles. The van der Waals surface area contributed by atoms with E-state index >= 15 is 0 Å². The van der Waals surface area contributed by atoms with Gasteiger partial charge in [-0.3, -0.25) is 14.9 Å². The van der Waals surface area contributed by atoms with Crippen LogP contribution in [0, 0.1) is 15.5 Å². The number of aliphatic carboxylic acids is 1. The van der Waals surface area contributed by atoms with Gasteiger partial charge in [-0.25, -0.2) is 4.98 Å². The van der Waals surface area contributed by atoms with Crippen molar-refractivity contribution in [1.29, 1.82) is 0 Å². The van der Waals surface area contributed by atoms with Crippen molar-refractivity contribution in [1.82, 2.24) is 9.97 Å². The lowest BCUT2D eigenvalue weighted by Gasteiger charge is -2.40. The molecule has 1 N–H and O–H groups in total. The molecule has 2 aliphatic carbocycles. The molecule has 8 nitrogen and oxygen atoms in total. The lowest BCUT2D eigenvalue weighted by atomic mass is 9.91. The Morgan fingerprint density at radius 3 is 2.64 bits per heavy atom. The van der Waals surface area contributed by atoms with Crippen LogP contribution in [0.4, 0.5) is 11.5 Å². The summed E-state index contributed by atoms with van der Waals surface area (Å²) in [5.41, 5.74) is -1.08. The number of nitrogens with zero attached hydrogens (tertiary/aromatic N) is 4. The predicted molar refractivity (Wildman–Crippen MR) is 91.8 cm³/mol. The summed E-state index contributed by atoms with van der Waals surface area (Å²) in [5.74, 6) is -0.693. The first-order valence-electron chi connectivity index (χ1n) is 8.59. The first kappa shape index (κ1) is 17.8.